The maximum absolute atomic E-state index is 12.0. The van der Waals surface area contributed by atoms with Crippen LogP contribution in [0.3, 0.4) is 0 Å². The van der Waals surface area contributed by atoms with Crippen LogP contribution < -0.4 is 15.4 Å². The number of hydrogen-bond donors (Lipinski definition) is 2. The predicted octanol–water partition coefficient (Wildman–Crippen LogP) is 1.38. The number of amides is 3. The molecular weight excluding hydrogens is 334 g/mol. The lowest BCUT2D eigenvalue weighted by Gasteiger charge is -2.20. The van der Waals surface area contributed by atoms with Crippen molar-refractivity contribution < 1.29 is 28.8 Å². The van der Waals surface area contributed by atoms with Gasteiger partial charge in [0.25, 0.3) is 11.6 Å². The number of benzene rings is 1. The molecule has 0 saturated heterocycles. The van der Waals surface area contributed by atoms with E-state index in [-0.39, 0.29) is 17.0 Å². The number of imide groups is 1. The van der Waals surface area contributed by atoms with Crippen LogP contribution in [-0.4, -0.2) is 42.1 Å². The lowest BCUT2D eigenvalue weighted by atomic mass is 10.1. The molecule has 0 aromatic heterocycles. The summed E-state index contributed by atoms with van der Waals surface area (Å²) in [5.41, 5.74) is -1.08. The Balaban J connectivity index is 2.70. The van der Waals surface area contributed by atoms with Gasteiger partial charge in [-0.25, -0.2) is 9.59 Å². The zero-order chi connectivity index (χ0) is 19.2. The molecule has 0 aliphatic rings. The standard InChI is InChI=1S/C15H19N3O7/c1-15(2,3)17-14(21)16-12(19)8-25-13(20)10-7-9(18(22)23)5-6-11(10)24-4/h5-7H,8H2,1-4H3,(H2,16,17,19,21). The minimum absolute atomic E-state index is 0.0569. The molecule has 10 nitrogen and oxygen atoms in total. The highest BCUT2D eigenvalue weighted by atomic mass is 16.6. The summed E-state index contributed by atoms with van der Waals surface area (Å²) >= 11 is 0. The zero-order valence-electron chi connectivity index (χ0n) is 14.2. The SMILES string of the molecule is COc1ccc([N+](=O)[O-])cc1C(=O)OCC(=O)NC(=O)NC(C)(C)C. The van der Waals surface area contributed by atoms with Crippen LogP contribution in [0.15, 0.2) is 18.2 Å². The first-order valence-electron chi connectivity index (χ1n) is 7.15. The van der Waals surface area contributed by atoms with E-state index >= 15 is 0 Å². The van der Waals surface area contributed by atoms with Gasteiger partial charge in [-0.1, -0.05) is 0 Å². The third-order valence-electron chi connectivity index (χ3n) is 2.69. The number of methoxy groups -OCH3 is 1. The van der Waals surface area contributed by atoms with Crippen LogP contribution in [0.25, 0.3) is 0 Å². The lowest BCUT2D eigenvalue weighted by molar-refractivity contribution is -0.384. The monoisotopic (exact) mass is 353 g/mol. The fourth-order valence-electron chi connectivity index (χ4n) is 1.71. The number of carbonyl (C=O) groups is 3. The largest absolute Gasteiger partial charge is 0.496 e. The number of urea groups is 1. The molecule has 10 heteroatoms. The topological polar surface area (TPSA) is 137 Å². The van der Waals surface area contributed by atoms with E-state index < -0.39 is 35.0 Å². The van der Waals surface area contributed by atoms with Gasteiger partial charge in [-0.3, -0.25) is 20.2 Å². The van der Waals surface area contributed by atoms with Gasteiger partial charge in [-0.05, 0) is 26.8 Å². The van der Waals surface area contributed by atoms with Crippen LogP contribution >= 0.6 is 0 Å². The highest BCUT2D eigenvalue weighted by Gasteiger charge is 2.21. The van der Waals surface area contributed by atoms with Gasteiger partial charge < -0.3 is 14.8 Å². The Hall–Kier alpha value is -3.17. The third kappa shape index (κ3) is 6.45. The van der Waals surface area contributed by atoms with Gasteiger partial charge in [0.1, 0.15) is 11.3 Å². The Morgan fingerprint density at radius 1 is 1.24 bits per heavy atom. The van der Waals surface area contributed by atoms with E-state index in [1.807, 2.05) is 5.32 Å². The van der Waals surface area contributed by atoms with Crippen molar-refractivity contribution in [3.05, 3.63) is 33.9 Å². The van der Waals surface area contributed by atoms with E-state index in [0.717, 1.165) is 6.07 Å². The first-order valence-corrected chi connectivity index (χ1v) is 7.15. The van der Waals surface area contributed by atoms with Gasteiger partial charge >= 0.3 is 12.0 Å². The second-order valence-electron chi connectivity index (χ2n) is 5.97. The van der Waals surface area contributed by atoms with Gasteiger partial charge in [0.2, 0.25) is 0 Å². The van der Waals surface area contributed by atoms with Crippen LogP contribution in [0.2, 0.25) is 0 Å². The van der Waals surface area contributed by atoms with Crippen molar-refractivity contribution in [2.24, 2.45) is 0 Å². The summed E-state index contributed by atoms with van der Waals surface area (Å²) in [6.45, 7) is 4.45. The van der Waals surface area contributed by atoms with Gasteiger partial charge in [0.05, 0.1) is 12.0 Å². The number of hydrogen-bond acceptors (Lipinski definition) is 7. The molecule has 0 aliphatic carbocycles. The van der Waals surface area contributed by atoms with Crippen molar-refractivity contribution >= 4 is 23.6 Å². The number of carbonyl (C=O) groups excluding carboxylic acids is 3. The minimum Gasteiger partial charge on any atom is -0.496 e. The fourth-order valence-corrected chi connectivity index (χ4v) is 1.71. The summed E-state index contributed by atoms with van der Waals surface area (Å²) in [7, 11) is 1.28. The van der Waals surface area contributed by atoms with Crippen LogP contribution in [0, 0.1) is 10.1 Å². The molecule has 1 aromatic carbocycles. The van der Waals surface area contributed by atoms with Crippen molar-refractivity contribution in [2.45, 2.75) is 26.3 Å². The first kappa shape index (κ1) is 19.9. The quantitative estimate of drug-likeness (QED) is 0.463. The number of non-ortho nitro benzene ring substituents is 1. The highest BCUT2D eigenvalue weighted by molar-refractivity contribution is 5.98. The molecule has 0 fully saturated rings. The van der Waals surface area contributed by atoms with E-state index in [1.54, 1.807) is 20.8 Å². The van der Waals surface area contributed by atoms with Crippen LogP contribution in [0.1, 0.15) is 31.1 Å². The second kappa shape index (κ2) is 8.08. The van der Waals surface area contributed by atoms with Crippen molar-refractivity contribution in [3.63, 3.8) is 0 Å². The molecule has 0 radical (unpaired) electrons. The number of nitrogens with one attached hydrogen (secondary N) is 2. The Morgan fingerprint density at radius 3 is 2.40 bits per heavy atom. The average molecular weight is 353 g/mol. The number of rotatable bonds is 5. The molecule has 0 saturated carbocycles. The lowest BCUT2D eigenvalue weighted by Crippen LogP contribution is -2.49. The first-order chi connectivity index (χ1) is 11.5. The maximum atomic E-state index is 12.0. The predicted molar refractivity (Wildman–Crippen MR) is 86.4 cm³/mol. The second-order valence-corrected chi connectivity index (χ2v) is 5.97. The number of nitro benzene ring substituents is 1. The zero-order valence-corrected chi connectivity index (χ0v) is 14.2. The molecule has 0 atom stereocenters. The van der Waals surface area contributed by atoms with E-state index in [9.17, 15) is 24.5 Å². The van der Waals surface area contributed by atoms with Gasteiger partial charge in [-0.2, -0.15) is 0 Å². The summed E-state index contributed by atoms with van der Waals surface area (Å²) in [5.74, 6) is -1.78. The van der Waals surface area contributed by atoms with E-state index in [2.05, 4.69) is 5.32 Å². The van der Waals surface area contributed by atoms with Crippen molar-refractivity contribution in [1.29, 1.82) is 0 Å². The van der Waals surface area contributed by atoms with E-state index in [0.29, 0.717) is 0 Å². The minimum atomic E-state index is -0.994. The third-order valence-corrected chi connectivity index (χ3v) is 2.69. The van der Waals surface area contributed by atoms with Gasteiger partial charge in [0, 0.05) is 17.7 Å². The molecule has 2 N–H and O–H groups in total. The molecule has 25 heavy (non-hydrogen) atoms. The Kier molecular flexibility index (Phi) is 6.43. The van der Waals surface area contributed by atoms with Crippen molar-refractivity contribution in [3.8, 4) is 5.75 Å². The van der Waals surface area contributed by atoms with Crippen LogP contribution in [0.4, 0.5) is 10.5 Å². The number of ether oxygens (including phenoxy) is 2. The summed E-state index contributed by atoms with van der Waals surface area (Å²) in [6, 6.07) is 2.65. The molecule has 0 heterocycles. The molecule has 0 unspecified atom stereocenters. The fraction of sp³-hybridized carbons (Fsp3) is 0.400. The average Bonchev–Trinajstić information content (AvgIpc) is 2.49. The molecule has 0 spiro atoms. The molecule has 1 rings (SSSR count). The Morgan fingerprint density at radius 2 is 1.88 bits per heavy atom. The molecule has 0 aliphatic heterocycles. The molecule has 0 bridgehead atoms. The van der Waals surface area contributed by atoms with Crippen molar-refractivity contribution in [1.82, 2.24) is 10.6 Å². The van der Waals surface area contributed by atoms with Crippen molar-refractivity contribution in [2.75, 3.05) is 13.7 Å². The Labute approximate surface area is 143 Å². The molecule has 136 valence electrons. The van der Waals surface area contributed by atoms with Gasteiger partial charge in [0.15, 0.2) is 6.61 Å². The summed E-state index contributed by atoms with van der Waals surface area (Å²) in [5, 5.41) is 15.3. The maximum Gasteiger partial charge on any atom is 0.342 e. The number of esters is 1. The Bertz CT molecular complexity index is 695. The molecular formula is C15H19N3O7. The van der Waals surface area contributed by atoms with E-state index in [1.165, 1.54) is 19.2 Å². The summed E-state index contributed by atoms with van der Waals surface area (Å²) in [6.07, 6.45) is 0. The summed E-state index contributed by atoms with van der Waals surface area (Å²) in [4.78, 5) is 45.3. The van der Waals surface area contributed by atoms with Crippen LogP contribution in [0.5, 0.6) is 5.75 Å². The highest BCUT2D eigenvalue weighted by Crippen LogP contribution is 2.24. The summed E-state index contributed by atoms with van der Waals surface area (Å²) < 4.78 is 9.70. The van der Waals surface area contributed by atoms with Crippen LogP contribution in [-0.2, 0) is 9.53 Å². The van der Waals surface area contributed by atoms with E-state index in [4.69, 9.17) is 9.47 Å². The molecule has 3 amide bonds. The van der Waals surface area contributed by atoms with Gasteiger partial charge in [-0.15, -0.1) is 0 Å². The normalized spacial score (nSPS) is 10.6. The smallest absolute Gasteiger partial charge is 0.342 e. The number of nitrogens with zero attached hydrogens (tertiary/aromatic N) is 1. The number of nitro groups is 1. The molecule has 1 aromatic rings.